The van der Waals surface area contributed by atoms with Gasteiger partial charge in [-0.05, 0) is 43.2 Å². The normalized spacial score (nSPS) is 27.2. The highest BCUT2D eigenvalue weighted by molar-refractivity contribution is 4.86. The Hall–Kier alpha value is -0.0800. The van der Waals surface area contributed by atoms with Crippen molar-refractivity contribution in [3.63, 3.8) is 0 Å². The van der Waals surface area contributed by atoms with Crippen LogP contribution in [0.5, 0.6) is 0 Å². The summed E-state index contributed by atoms with van der Waals surface area (Å²) in [6, 6.07) is 0. The van der Waals surface area contributed by atoms with Crippen LogP contribution in [-0.2, 0) is 0 Å². The highest BCUT2D eigenvalue weighted by atomic mass is 16.3. The van der Waals surface area contributed by atoms with Gasteiger partial charge in [0, 0.05) is 13.2 Å². The molecule has 1 fully saturated rings. The Kier molecular flexibility index (Phi) is 4.60. The second kappa shape index (κ2) is 5.31. The number of aliphatic hydroxyl groups excluding tert-OH is 1. The van der Waals surface area contributed by atoms with Gasteiger partial charge in [-0.1, -0.05) is 27.7 Å². The van der Waals surface area contributed by atoms with Crippen LogP contribution in [0.25, 0.3) is 0 Å². The average Bonchev–Trinajstić information content (AvgIpc) is 2.13. The van der Waals surface area contributed by atoms with Crippen LogP contribution < -0.4 is 0 Å². The van der Waals surface area contributed by atoms with Gasteiger partial charge >= 0.3 is 0 Å². The summed E-state index contributed by atoms with van der Waals surface area (Å²) in [5.74, 6) is 1.29. The molecule has 90 valence electrons. The van der Waals surface area contributed by atoms with Gasteiger partial charge in [0.2, 0.25) is 0 Å². The van der Waals surface area contributed by atoms with Gasteiger partial charge in [0.1, 0.15) is 0 Å². The van der Waals surface area contributed by atoms with Crippen molar-refractivity contribution in [2.75, 3.05) is 26.2 Å². The van der Waals surface area contributed by atoms with E-state index in [0.29, 0.717) is 12.5 Å². The lowest BCUT2D eigenvalue weighted by Crippen LogP contribution is -2.47. The van der Waals surface area contributed by atoms with E-state index in [1.165, 1.54) is 19.5 Å². The second-order valence-electron chi connectivity index (χ2n) is 6.12. The molecule has 0 aliphatic carbocycles. The summed E-state index contributed by atoms with van der Waals surface area (Å²) in [6.45, 7) is 13.0. The fraction of sp³-hybridized carbons (Fsp3) is 1.00. The van der Waals surface area contributed by atoms with E-state index in [1.807, 2.05) is 0 Å². The van der Waals surface area contributed by atoms with Crippen molar-refractivity contribution < 1.29 is 5.11 Å². The van der Waals surface area contributed by atoms with Gasteiger partial charge in [-0.25, -0.2) is 0 Å². The minimum Gasteiger partial charge on any atom is -0.396 e. The molecule has 0 saturated carbocycles. The van der Waals surface area contributed by atoms with Gasteiger partial charge in [-0.15, -0.1) is 0 Å². The molecule has 1 saturated heterocycles. The number of rotatable bonds is 4. The van der Waals surface area contributed by atoms with E-state index < -0.39 is 0 Å². The minimum atomic E-state index is 0.282. The number of nitrogens with zero attached hydrogens (tertiary/aromatic N) is 1. The first-order chi connectivity index (χ1) is 6.95. The molecular weight excluding hydrogens is 186 g/mol. The Balaban J connectivity index is 2.40. The van der Waals surface area contributed by atoms with Crippen LogP contribution in [0, 0.1) is 17.3 Å². The third-order valence-electron chi connectivity index (χ3n) is 3.77. The van der Waals surface area contributed by atoms with Crippen molar-refractivity contribution in [2.45, 2.75) is 40.5 Å². The SMILES string of the molecule is CC(C)CCN1CCC(CO)C(C)(C)C1. The number of likely N-dealkylation sites (tertiary alicyclic amines) is 1. The predicted octanol–water partition coefficient (Wildman–Crippen LogP) is 2.37. The summed E-state index contributed by atoms with van der Waals surface area (Å²) < 4.78 is 0. The van der Waals surface area contributed by atoms with E-state index in [0.717, 1.165) is 18.9 Å². The first-order valence-corrected chi connectivity index (χ1v) is 6.29. The van der Waals surface area contributed by atoms with Gasteiger partial charge in [0.15, 0.2) is 0 Å². The predicted molar refractivity (Wildman–Crippen MR) is 64.9 cm³/mol. The maximum atomic E-state index is 9.31. The molecule has 0 aromatic carbocycles. The summed E-state index contributed by atoms with van der Waals surface area (Å²) in [7, 11) is 0. The van der Waals surface area contributed by atoms with Crippen LogP contribution in [0.1, 0.15) is 40.5 Å². The van der Waals surface area contributed by atoms with Gasteiger partial charge in [-0.3, -0.25) is 0 Å². The van der Waals surface area contributed by atoms with E-state index in [2.05, 4.69) is 32.6 Å². The van der Waals surface area contributed by atoms with Crippen LogP contribution >= 0.6 is 0 Å². The van der Waals surface area contributed by atoms with Crippen molar-refractivity contribution in [2.24, 2.45) is 17.3 Å². The third kappa shape index (κ3) is 3.76. The molecule has 2 heteroatoms. The molecule has 1 aliphatic heterocycles. The molecule has 1 N–H and O–H groups in total. The quantitative estimate of drug-likeness (QED) is 0.775. The molecular formula is C13H27NO. The lowest BCUT2D eigenvalue weighted by atomic mass is 9.74. The topological polar surface area (TPSA) is 23.5 Å². The van der Waals surface area contributed by atoms with Gasteiger partial charge in [0.05, 0.1) is 0 Å². The largest absolute Gasteiger partial charge is 0.396 e. The first kappa shape index (κ1) is 13.0. The summed E-state index contributed by atoms with van der Waals surface area (Å²) in [6.07, 6.45) is 2.45. The van der Waals surface area contributed by atoms with E-state index in [4.69, 9.17) is 0 Å². The number of aliphatic hydroxyl groups is 1. The zero-order chi connectivity index (χ0) is 11.5. The molecule has 1 unspecified atom stereocenters. The van der Waals surface area contributed by atoms with Gasteiger partial charge in [0.25, 0.3) is 0 Å². The highest BCUT2D eigenvalue weighted by Crippen LogP contribution is 2.34. The van der Waals surface area contributed by atoms with Crippen molar-refractivity contribution in [1.82, 2.24) is 4.90 Å². The lowest BCUT2D eigenvalue weighted by molar-refractivity contribution is 0.0197. The van der Waals surface area contributed by atoms with Crippen molar-refractivity contribution in [1.29, 1.82) is 0 Å². The van der Waals surface area contributed by atoms with Gasteiger partial charge in [-0.2, -0.15) is 0 Å². The lowest BCUT2D eigenvalue weighted by Gasteiger charge is -2.44. The van der Waals surface area contributed by atoms with E-state index in [1.54, 1.807) is 0 Å². The Bertz CT molecular complexity index is 189. The molecule has 0 amide bonds. The fourth-order valence-electron chi connectivity index (χ4n) is 2.48. The average molecular weight is 213 g/mol. The molecule has 0 bridgehead atoms. The smallest absolute Gasteiger partial charge is 0.0465 e. The number of hydrogen-bond acceptors (Lipinski definition) is 2. The van der Waals surface area contributed by atoms with Crippen LogP contribution in [0.3, 0.4) is 0 Å². The number of hydrogen-bond donors (Lipinski definition) is 1. The van der Waals surface area contributed by atoms with Crippen molar-refractivity contribution in [3.05, 3.63) is 0 Å². The molecule has 1 heterocycles. The Morgan fingerprint density at radius 2 is 2.07 bits per heavy atom. The van der Waals surface area contributed by atoms with Crippen LogP contribution in [0.2, 0.25) is 0 Å². The highest BCUT2D eigenvalue weighted by Gasteiger charge is 2.34. The maximum absolute atomic E-state index is 9.31. The first-order valence-electron chi connectivity index (χ1n) is 6.29. The van der Waals surface area contributed by atoms with Crippen LogP contribution in [0.15, 0.2) is 0 Å². The Labute approximate surface area is 94.7 Å². The minimum absolute atomic E-state index is 0.282. The van der Waals surface area contributed by atoms with Crippen molar-refractivity contribution >= 4 is 0 Å². The summed E-state index contributed by atoms with van der Waals surface area (Å²) in [5, 5.41) is 9.31. The molecule has 1 rings (SSSR count). The maximum Gasteiger partial charge on any atom is 0.0465 e. The van der Waals surface area contributed by atoms with E-state index >= 15 is 0 Å². The summed E-state index contributed by atoms with van der Waals surface area (Å²) >= 11 is 0. The van der Waals surface area contributed by atoms with Crippen molar-refractivity contribution in [3.8, 4) is 0 Å². The van der Waals surface area contributed by atoms with Crippen LogP contribution in [-0.4, -0.2) is 36.2 Å². The summed E-state index contributed by atoms with van der Waals surface area (Å²) in [5.41, 5.74) is 0.282. The molecule has 0 spiro atoms. The van der Waals surface area contributed by atoms with E-state index in [9.17, 15) is 5.11 Å². The molecule has 0 aromatic rings. The second-order valence-corrected chi connectivity index (χ2v) is 6.12. The standard InChI is InChI=1S/C13H27NO/c1-11(2)5-7-14-8-6-12(9-15)13(3,4)10-14/h11-12,15H,5-10H2,1-4H3. The van der Waals surface area contributed by atoms with Crippen LogP contribution in [0.4, 0.5) is 0 Å². The molecule has 1 aliphatic rings. The monoisotopic (exact) mass is 213 g/mol. The zero-order valence-electron chi connectivity index (χ0n) is 10.8. The Morgan fingerprint density at radius 1 is 1.40 bits per heavy atom. The fourth-order valence-corrected chi connectivity index (χ4v) is 2.48. The number of piperidine rings is 1. The molecule has 2 nitrogen and oxygen atoms in total. The van der Waals surface area contributed by atoms with E-state index in [-0.39, 0.29) is 5.41 Å². The third-order valence-corrected chi connectivity index (χ3v) is 3.77. The molecule has 0 radical (unpaired) electrons. The summed E-state index contributed by atoms with van der Waals surface area (Å²) in [4.78, 5) is 2.56. The molecule has 1 atom stereocenters. The molecule has 15 heavy (non-hydrogen) atoms. The Morgan fingerprint density at radius 3 is 2.53 bits per heavy atom. The molecule has 0 aromatic heterocycles. The van der Waals surface area contributed by atoms with Gasteiger partial charge < -0.3 is 10.0 Å². The zero-order valence-corrected chi connectivity index (χ0v) is 10.8.